The molecule has 0 aliphatic carbocycles. The number of hydrogen-bond acceptors (Lipinski definition) is 3. The Hall–Kier alpha value is -1.53. The van der Waals surface area contributed by atoms with Gasteiger partial charge in [-0.3, -0.25) is 0 Å². The van der Waals surface area contributed by atoms with Crippen molar-refractivity contribution in [3.8, 4) is 11.8 Å². The highest BCUT2D eigenvalue weighted by Crippen LogP contribution is 2.13. The van der Waals surface area contributed by atoms with Crippen molar-refractivity contribution in [2.45, 2.75) is 18.9 Å². The molecular weight excluding hydrogens is 178 g/mol. The minimum absolute atomic E-state index is 0.173. The maximum Gasteiger partial charge on any atom is 0.118 e. The molecule has 0 spiro atoms. The SMILES string of the molecule is COc1ccc(CC(O)CC#N)cc1. The van der Waals surface area contributed by atoms with Gasteiger partial charge in [0.2, 0.25) is 0 Å². The van der Waals surface area contributed by atoms with Gasteiger partial charge in [-0.25, -0.2) is 0 Å². The van der Waals surface area contributed by atoms with Gasteiger partial charge in [-0.05, 0) is 24.1 Å². The third-order valence-electron chi connectivity index (χ3n) is 1.96. The molecule has 1 N–H and O–H groups in total. The molecule has 0 aromatic heterocycles. The summed E-state index contributed by atoms with van der Waals surface area (Å²) in [6, 6.07) is 9.40. The van der Waals surface area contributed by atoms with E-state index in [4.69, 9.17) is 10.00 Å². The maximum atomic E-state index is 9.38. The van der Waals surface area contributed by atoms with Crippen LogP contribution in [0.1, 0.15) is 12.0 Å². The molecule has 0 heterocycles. The lowest BCUT2D eigenvalue weighted by Gasteiger charge is -2.06. The van der Waals surface area contributed by atoms with Crippen LogP contribution >= 0.6 is 0 Å². The van der Waals surface area contributed by atoms with Crippen molar-refractivity contribution in [2.75, 3.05) is 7.11 Å². The van der Waals surface area contributed by atoms with Crippen LogP contribution in [0.3, 0.4) is 0 Å². The second-order valence-corrected chi connectivity index (χ2v) is 3.07. The lowest BCUT2D eigenvalue weighted by Crippen LogP contribution is -2.08. The summed E-state index contributed by atoms with van der Waals surface area (Å²) in [5.41, 5.74) is 1.01. The Morgan fingerprint density at radius 1 is 1.43 bits per heavy atom. The molecule has 0 saturated heterocycles. The van der Waals surface area contributed by atoms with Crippen LogP contribution in [-0.2, 0) is 6.42 Å². The van der Waals surface area contributed by atoms with Crippen molar-refractivity contribution in [3.05, 3.63) is 29.8 Å². The normalized spacial score (nSPS) is 11.8. The molecule has 14 heavy (non-hydrogen) atoms. The van der Waals surface area contributed by atoms with Crippen molar-refractivity contribution in [1.82, 2.24) is 0 Å². The quantitative estimate of drug-likeness (QED) is 0.784. The fourth-order valence-electron chi connectivity index (χ4n) is 1.21. The van der Waals surface area contributed by atoms with Crippen LogP contribution in [0.5, 0.6) is 5.75 Å². The summed E-state index contributed by atoms with van der Waals surface area (Å²) in [5, 5.41) is 17.7. The van der Waals surface area contributed by atoms with Crippen LogP contribution in [0.4, 0.5) is 0 Å². The number of nitriles is 1. The van der Waals surface area contributed by atoms with Crippen LogP contribution in [0.25, 0.3) is 0 Å². The van der Waals surface area contributed by atoms with Gasteiger partial charge in [-0.1, -0.05) is 12.1 Å². The molecule has 0 radical (unpaired) electrons. The molecule has 0 aliphatic rings. The lowest BCUT2D eigenvalue weighted by molar-refractivity contribution is 0.180. The van der Waals surface area contributed by atoms with E-state index in [-0.39, 0.29) is 6.42 Å². The van der Waals surface area contributed by atoms with E-state index in [1.807, 2.05) is 30.3 Å². The van der Waals surface area contributed by atoms with Crippen LogP contribution in [-0.4, -0.2) is 18.3 Å². The number of nitrogens with zero attached hydrogens (tertiary/aromatic N) is 1. The Balaban J connectivity index is 2.56. The molecule has 1 unspecified atom stereocenters. The molecule has 0 bridgehead atoms. The van der Waals surface area contributed by atoms with Gasteiger partial charge in [-0.2, -0.15) is 5.26 Å². The Kier molecular flexibility index (Phi) is 3.96. The van der Waals surface area contributed by atoms with Crippen molar-refractivity contribution < 1.29 is 9.84 Å². The second kappa shape index (κ2) is 5.25. The number of benzene rings is 1. The highest BCUT2D eigenvalue weighted by atomic mass is 16.5. The van der Waals surface area contributed by atoms with Gasteiger partial charge < -0.3 is 9.84 Å². The number of aliphatic hydroxyl groups is 1. The van der Waals surface area contributed by atoms with Crippen molar-refractivity contribution in [1.29, 1.82) is 5.26 Å². The smallest absolute Gasteiger partial charge is 0.118 e. The second-order valence-electron chi connectivity index (χ2n) is 3.07. The summed E-state index contributed by atoms with van der Waals surface area (Å²) in [7, 11) is 1.61. The number of aliphatic hydroxyl groups excluding tert-OH is 1. The summed E-state index contributed by atoms with van der Waals surface area (Å²) < 4.78 is 5.01. The number of rotatable bonds is 4. The minimum atomic E-state index is -0.576. The molecule has 74 valence electrons. The first-order chi connectivity index (χ1) is 6.76. The molecule has 1 atom stereocenters. The summed E-state index contributed by atoms with van der Waals surface area (Å²) in [5.74, 6) is 0.795. The molecule has 1 aromatic carbocycles. The van der Waals surface area contributed by atoms with Gasteiger partial charge >= 0.3 is 0 Å². The van der Waals surface area contributed by atoms with Gasteiger partial charge in [-0.15, -0.1) is 0 Å². The van der Waals surface area contributed by atoms with E-state index in [9.17, 15) is 5.11 Å². The average molecular weight is 191 g/mol. The number of ether oxygens (including phenoxy) is 1. The highest BCUT2D eigenvalue weighted by Gasteiger charge is 2.04. The van der Waals surface area contributed by atoms with Crippen molar-refractivity contribution in [3.63, 3.8) is 0 Å². The fraction of sp³-hybridized carbons (Fsp3) is 0.364. The van der Waals surface area contributed by atoms with Crippen LogP contribution in [0.15, 0.2) is 24.3 Å². The van der Waals surface area contributed by atoms with Crippen LogP contribution in [0.2, 0.25) is 0 Å². The third-order valence-corrected chi connectivity index (χ3v) is 1.96. The predicted octanol–water partition coefficient (Wildman–Crippen LogP) is 1.51. The first-order valence-corrected chi connectivity index (χ1v) is 4.44. The van der Waals surface area contributed by atoms with E-state index >= 15 is 0 Å². The first-order valence-electron chi connectivity index (χ1n) is 4.44. The van der Waals surface area contributed by atoms with Gasteiger partial charge in [0.15, 0.2) is 0 Å². The van der Waals surface area contributed by atoms with Crippen molar-refractivity contribution in [2.24, 2.45) is 0 Å². The van der Waals surface area contributed by atoms with Gasteiger partial charge in [0.25, 0.3) is 0 Å². The van der Waals surface area contributed by atoms with E-state index in [1.165, 1.54) is 0 Å². The zero-order valence-electron chi connectivity index (χ0n) is 8.10. The summed E-state index contributed by atoms with van der Waals surface area (Å²) >= 11 is 0. The number of hydrogen-bond donors (Lipinski definition) is 1. The maximum absolute atomic E-state index is 9.38. The number of methoxy groups -OCH3 is 1. The third kappa shape index (κ3) is 3.08. The fourth-order valence-corrected chi connectivity index (χ4v) is 1.21. The summed E-state index contributed by atoms with van der Waals surface area (Å²) in [6.45, 7) is 0. The first kappa shape index (κ1) is 10.6. The zero-order valence-corrected chi connectivity index (χ0v) is 8.10. The summed E-state index contributed by atoms with van der Waals surface area (Å²) in [4.78, 5) is 0. The van der Waals surface area contributed by atoms with E-state index in [2.05, 4.69) is 0 Å². The Labute approximate surface area is 83.6 Å². The molecule has 0 saturated carbocycles. The average Bonchev–Trinajstić information content (AvgIpc) is 2.19. The van der Waals surface area contributed by atoms with Gasteiger partial charge in [0, 0.05) is 0 Å². The lowest BCUT2D eigenvalue weighted by atomic mass is 10.1. The van der Waals surface area contributed by atoms with Crippen LogP contribution in [0, 0.1) is 11.3 Å². The summed E-state index contributed by atoms with van der Waals surface area (Å²) in [6.07, 6.45) is 0.109. The molecule has 1 aromatic rings. The van der Waals surface area contributed by atoms with E-state index < -0.39 is 6.10 Å². The Morgan fingerprint density at radius 3 is 2.57 bits per heavy atom. The topological polar surface area (TPSA) is 53.2 Å². The zero-order chi connectivity index (χ0) is 10.4. The Morgan fingerprint density at radius 2 is 2.07 bits per heavy atom. The van der Waals surface area contributed by atoms with E-state index in [0.717, 1.165) is 11.3 Å². The van der Waals surface area contributed by atoms with Crippen LogP contribution < -0.4 is 4.74 Å². The van der Waals surface area contributed by atoms with Gasteiger partial charge in [0.1, 0.15) is 5.75 Å². The minimum Gasteiger partial charge on any atom is -0.497 e. The largest absolute Gasteiger partial charge is 0.497 e. The van der Waals surface area contributed by atoms with Gasteiger partial charge in [0.05, 0.1) is 25.7 Å². The molecule has 1 rings (SSSR count). The molecular formula is C11H13NO2. The molecule has 0 aliphatic heterocycles. The standard InChI is InChI=1S/C11H13NO2/c1-14-11-4-2-9(3-5-11)8-10(13)6-7-12/h2-5,10,13H,6,8H2,1H3. The Bertz CT molecular complexity index is 313. The van der Waals surface area contributed by atoms with E-state index in [1.54, 1.807) is 7.11 Å². The monoisotopic (exact) mass is 191 g/mol. The van der Waals surface area contributed by atoms with E-state index in [0.29, 0.717) is 6.42 Å². The van der Waals surface area contributed by atoms with Crippen molar-refractivity contribution >= 4 is 0 Å². The molecule has 3 nitrogen and oxygen atoms in total. The predicted molar refractivity (Wildman–Crippen MR) is 52.9 cm³/mol. The molecule has 0 fully saturated rings. The molecule has 0 amide bonds. The molecule has 3 heteroatoms. The highest BCUT2D eigenvalue weighted by molar-refractivity contribution is 5.27.